The smallest absolute Gasteiger partial charge is 0.0196 e. The van der Waals surface area contributed by atoms with E-state index in [1.165, 1.54) is 76.8 Å². The summed E-state index contributed by atoms with van der Waals surface area (Å²) in [4.78, 5) is 0. The van der Waals surface area contributed by atoms with Crippen LogP contribution in [0.5, 0.6) is 0 Å². The Bertz CT molecular complexity index is 2260. The fourth-order valence-corrected chi connectivity index (χ4v) is 6.10. The van der Waals surface area contributed by atoms with Crippen molar-refractivity contribution in [1.29, 1.82) is 0 Å². The van der Waals surface area contributed by atoms with Crippen LogP contribution in [0.1, 0.15) is 11.1 Å². The standard InChI is InChI=1S/C25H17.C17H15.C2H6Si.2ClH.Zr/c1-2-8-19(9-3-1)24-12-6-11-22-16-23(17-25(22)24)21-14-13-18-7-4-5-10-20(18)15-21;1-12-10-16-13(2)8-9-15(17(16)11-12)14-6-4-3-5-7-14;1-3-2;;;/h1-17H;3-11H,1-2H3;1-2H3;2*1H;/q2*-1;;;;+2/p-2. The molecule has 0 bridgehead atoms. The van der Waals surface area contributed by atoms with Crippen molar-refractivity contribution in [2.45, 2.75) is 26.9 Å². The van der Waals surface area contributed by atoms with E-state index in [9.17, 15) is 0 Å². The molecule has 0 aliphatic carbocycles. The fraction of sp³-hybridized carbons (Fsp3) is 0.0909. The quantitative estimate of drug-likeness (QED) is 0.140. The predicted octanol–water partition coefficient (Wildman–Crippen LogP) is 6.68. The van der Waals surface area contributed by atoms with E-state index in [1.54, 1.807) is 23.3 Å². The molecule has 8 rings (SSSR count). The third-order valence-electron chi connectivity index (χ3n) is 8.25. The zero-order valence-corrected chi connectivity index (χ0v) is 32.7. The zero-order chi connectivity index (χ0) is 32.0. The van der Waals surface area contributed by atoms with Crippen molar-refractivity contribution in [2.24, 2.45) is 0 Å². The molecule has 0 N–H and O–H groups in total. The van der Waals surface area contributed by atoms with Gasteiger partial charge in [0.05, 0.1) is 0 Å². The van der Waals surface area contributed by atoms with Gasteiger partial charge in [0.1, 0.15) is 0 Å². The number of benzene rings is 6. The Morgan fingerprint density at radius 3 is 1.73 bits per heavy atom. The number of hydrogen-bond donors (Lipinski definition) is 0. The Labute approximate surface area is 312 Å². The molecule has 0 unspecified atom stereocenters. The summed E-state index contributed by atoms with van der Waals surface area (Å²) in [6.45, 7) is 8.96. The van der Waals surface area contributed by atoms with Gasteiger partial charge in [0, 0.05) is 0 Å². The number of rotatable bonds is 3. The maximum Gasteiger partial charge on any atom is -0.0196 e. The van der Waals surface area contributed by atoms with Gasteiger partial charge >= 0.3 is 41.9 Å². The summed E-state index contributed by atoms with van der Waals surface area (Å²) in [7, 11) is 0. The Morgan fingerprint density at radius 2 is 1.08 bits per heavy atom. The number of halogens is 2. The summed E-state index contributed by atoms with van der Waals surface area (Å²) in [6, 6.07) is 56.6. The summed E-state index contributed by atoms with van der Waals surface area (Å²) < 4.78 is 0. The Kier molecular flexibility index (Phi) is 13.4. The molecule has 0 spiro atoms. The van der Waals surface area contributed by atoms with Gasteiger partial charge in [-0.3, -0.25) is 0 Å². The van der Waals surface area contributed by atoms with Crippen molar-refractivity contribution in [1.82, 2.24) is 0 Å². The maximum atomic E-state index is 2.32. The van der Waals surface area contributed by atoms with Crippen LogP contribution in [0.4, 0.5) is 0 Å². The van der Waals surface area contributed by atoms with Gasteiger partial charge in [-0.25, -0.2) is 0 Å². The average Bonchev–Trinajstić information content (AvgIpc) is 3.70. The van der Waals surface area contributed by atoms with Gasteiger partial charge < -0.3 is 24.8 Å². The van der Waals surface area contributed by atoms with E-state index in [1.807, 2.05) is 0 Å². The second-order valence-electron chi connectivity index (χ2n) is 12.1. The zero-order valence-electron chi connectivity index (χ0n) is 27.8. The minimum Gasteiger partial charge on any atom is -1.00 e. The summed E-state index contributed by atoms with van der Waals surface area (Å²) in [6.07, 6.45) is 0. The molecule has 0 radical (unpaired) electrons. The number of aryl methyl sites for hydroxylation is 2. The minimum atomic E-state index is 0. The van der Waals surface area contributed by atoms with Crippen molar-refractivity contribution in [3.63, 3.8) is 0 Å². The minimum absolute atomic E-state index is 0. The largest absolute Gasteiger partial charge is 1.00 e. The Hall–Kier alpha value is -3.52. The van der Waals surface area contributed by atoms with Crippen LogP contribution in [-0.4, -0.2) is 5.43 Å². The second kappa shape index (κ2) is 17.2. The van der Waals surface area contributed by atoms with Crippen LogP contribution in [0, 0.1) is 13.8 Å². The molecule has 0 aliphatic heterocycles. The van der Waals surface area contributed by atoms with Crippen molar-refractivity contribution in [3.8, 4) is 33.4 Å². The first-order valence-corrected chi connectivity index (χ1v) is 22.0. The molecule has 0 nitrogen and oxygen atoms in total. The molecule has 8 aromatic carbocycles. The van der Waals surface area contributed by atoms with Gasteiger partial charge in [-0.1, -0.05) is 152 Å². The molecule has 0 aromatic heterocycles. The van der Waals surface area contributed by atoms with Gasteiger partial charge in [-0.15, -0.1) is 68.6 Å². The second-order valence-corrected chi connectivity index (χ2v) is 21.5. The summed E-state index contributed by atoms with van der Waals surface area (Å²) in [5.74, 6) is 0. The number of hydrogen-bond acceptors (Lipinski definition) is 0. The van der Waals surface area contributed by atoms with Crippen LogP contribution in [-0.2, 0) is 23.3 Å². The van der Waals surface area contributed by atoms with E-state index in [-0.39, 0.29) is 30.2 Å². The summed E-state index contributed by atoms with van der Waals surface area (Å²) in [5, 5.41) is 7.93. The first-order chi connectivity index (χ1) is 22.4. The average molecular weight is 757 g/mol. The van der Waals surface area contributed by atoms with Gasteiger partial charge in [0.2, 0.25) is 0 Å². The fourth-order valence-electron chi connectivity index (χ4n) is 6.10. The van der Waals surface area contributed by atoms with Crippen LogP contribution in [0.15, 0.2) is 158 Å². The van der Waals surface area contributed by atoms with E-state index in [2.05, 4.69) is 185 Å². The first kappa shape index (κ1) is 37.3. The number of fused-ring (bicyclic) bond motifs is 3. The van der Waals surface area contributed by atoms with Crippen LogP contribution in [0.2, 0.25) is 13.1 Å². The Morgan fingerprint density at radius 1 is 0.500 bits per heavy atom. The topological polar surface area (TPSA) is 0 Å². The van der Waals surface area contributed by atoms with Crippen molar-refractivity contribution in [3.05, 3.63) is 169 Å². The molecule has 0 heterocycles. The monoisotopic (exact) mass is 754 g/mol. The third kappa shape index (κ3) is 8.73. The molecule has 0 saturated heterocycles. The Balaban J connectivity index is 0.000000198. The molecule has 0 saturated carbocycles. The molecule has 48 heavy (non-hydrogen) atoms. The molecule has 0 amide bonds. The third-order valence-corrected chi connectivity index (χ3v) is 8.25. The van der Waals surface area contributed by atoms with E-state index < -0.39 is 0 Å². The van der Waals surface area contributed by atoms with Crippen molar-refractivity contribution >= 4 is 37.8 Å². The summed E-state index contributed by atoms with van der Waals surface area (Å²) >= 11 is 1.74. The molecule has 0 aliphatic rings. The van der Waals surface area contributed by atoms with Crippen molar-refractivity contribution in [2.75, 3.05) is 0 Å². The van der Waals surface area contributed by atoms with Crippen LogP contribution >= 0.6 is 0 Å². The van der Waals surface area contributed by atoms with Gasteiger partial charge in [0.25, 0.3) is 0 Å². The molecule has 238 valence electrons. The van der Waals surface area contributed by atoms with E-state index in [0.29, 0.717) is 0 Å². The van der Waals surface area contributed by atoms with Crippen molar-refractivity contribution < 1.29 is 48.1 Å². The SMILES string of the molecule is C[Si](C)=[Zr+2].Cc1cc2c(-c3ccccc3)ccc(C)c2[cH-]1.[Cl-].[Cl-].c1ccc(-c2cccc3[cH-]c(-c4ccc5ccccc5c4)cc23)cc1. The van der Waals surface area contributed by atoms with Gasteiger partial charge in [-0.05, 0) is 21.9 Å². The van der Waals surface area contributed by atoms with Gasteiger partial charge in [0.15, 0.2) is 0 Å². The van der Waals surface area contributed by atoms with E-state index >= 15 is 0 Å². The normalized spacial score (nSPS) is 10.3. The van der Waals surface area contributed by atoms with Crippen LogP contribution < -0.4 is 24.8 Å². The first-order valence-electron chi connectivity index (χ1n) is 15.9. The van der Waals surface area contributed by atoms with Gasteiger partial charge in [-0.2, -0.15) is 6.07 Å². The van der Waals surface area contributed by atoms with Crippen LogP contribution in [0.3, 0.4) is 0 Å². The molecular formula is C44H38Cl2SiZr-2. The van der Waals surface area contributed by atoms with Crippen LogP contribution in [0.25, 0.3) is 65.7 Å². The predicted molar refractivity (Wildman–Crippen MR) is 200 cm³/mol. The molecule has 8 aromatic rings. The summed E-state index contributed by atoms with van der Waals surface area (Å²) in [5.41, 5.74) is 10.6. The molecular weight excluding hydrogens is 719 g/mol. The molecule has 4 heteroatoms. The molecule has 0 atom stereocenters. The molecule has 0 fully saturated rings. The van der Waals surface area contributed by atoms with E-state index in [4.69, 9.17) is 0 Å². The maximum absolute atomic E-state index is 2.32. The van der Waals surface area contributed by atoms with E-state index in [0.717, 1.165) is 0 Å².